The van der Waals surface area contributed by atoms with E-state index in [4.69, 9.17) is 4.52 Å². The first-order valence-electron chi connectivity index (χ1n) is 11.5. The third kappa shape index (κ3) is 3.92. The van der Waals surface area contributed by atoms with E-state index in [1.807, 2.05) is 27.0 Å². The van der Waals surface area contributed by atoms with Crippen molar-refractivity contribution in [2.75, 3.05) is 0 Å². The van der Waals surface area contributed by atoms with E-state index in [0.29, 0.717) is 29.1 Å². The lowest BCUT2D eigenvalue weighted by Crippen LogP contribution is -2.28. The number of aryl methyl sites for hydroxylation is 3. The summed E-state index contributed by atoms with van der Waals surface area (Å²) in [6, 6.07) is 9.98. The number of amides is 1. The Morgan fingerprint density at radius 3 is 2.44 bits per heavy atom. The van der Waals surface area contributed by atoms with Crippen LogP contribution in [-0.4, -0.2) is 25.4 Å². The second-order valence-corrected chi connectivity index (χ2v) is 8.82. The lowest BCUT2D eigenvalue weighted by atomic mass is 10.0. The Labute approximate surface area is 204 Å². The van der Waals surface area contributed by atoms with Gasteiger partial charge in [-0.3, -0.25) is 14.0 Å². The molecule has 0 radical (unpaired) electrons. The molecule has 5 rings (SSSR count). The molecule has 1 unspecified atom stereocenters. The Morgan fingerprint density at radius 1 is 1.11 bits per heavy atom. The number of fused-ring (bicyclic) bond motifs is 3. The highest BCUT2D eigenvalue weighted by Gasteiger charge is 2.30. The first-order chi connectivity index (χ1) is 17.1. The average molecular weight is 496 g/mol. The SMILES string of the molecule is CCC(NC(=O)c1ccc2c(c1)c1cn(C)nc1n2-c1ccc(C(F)(F)F)cc1)c1c(C)noc1C. The van der Waals surface area contributed by atoms with Crippen LogP contribution in [-0.2, 0) is 13.2 Å². The van der Waals surface area contributed by atoms with Gasteiger partial charge in [0.25, 0.3) is 5.91 Å². The van der Waals surface area contributed by atoms with Crippen LogP contribution in [0.15, 0.2) is 53.2 Å². The molecule has 10 heteroatoms. The molecule has 2 aromatic carbocycles. The number of benzene rings is 2. The van der Waals surface area contributed by atoms with Gasteiger partial charge in [-0.25, -0.2) is 0 Å². The predicted molar refractivity (Wildman–Crippen MR) is 129 cm³/mol. The smallest absolute Gasteiger partial charge is 0.361 e. The highest BCUT2D eigenvalue weighted by atomic mass is 19.4. The fourth-order valence-electron chi connectivity index (χ4n) is 4.70. The second-order valence-electron chi connectivity index (χ2n) is 8.82. The van der Waals surface area contributed by atoms with Gasteiger partial charge in [-0.2, -0.15) is 18.3 Å². The minimum absolute atomic E-state index is 0.247. The summed E-state index contributed by atoms with van der Waals surface area (Å²) in [5.41, 5.74) is 3.22. The van der Waals surface area contributed by atoms with Gasteiger partial charge in [-0.05, 0) is 62.7 Å². The van der Waals surface area contributed by atoms with Crippen LogP contribution < -0.4 is 5.32 Å². The maximum absolute atomic E-state index is 13.2. The van der Waals surface area contributed by atoms with E-state index in [9.17, 15) is 18.0 Å². The zero-order valence-corrected chi connectivity index (χ0v) is 20.1. The summed E-state index contributed by atoms with van der Waals surface area (Å²) in [4.78, 5) is 13.2. The highest BCUT2D eigenvalue weighted by molar-refractivity contribution is 6.10. The second kappa shape index (κ2) is 8.54. The molecule has 0 spiro atoms. The molecule has 7 nitrogen and oxygen atoms in total. The van der Waals surface area contributed by atoms with E-state index in [0.717, 1.165) is 39.7 Å². The Bertz CT molecular complexity index is 1570. The molecular formula is C26H24F3N5O2. The Hall–Kier alpha value is -4.08. The normalized spacial score (nSPS) is 13.0. The number of carbonyl (C=O) groups excluding carboxylic acids is 1. The lowest BCUT2D eigenvalue weighted by Gasteiger charge is -2.17. The van der Waals surface area contributed by atoms with Crippen LogP contribution in [0.3, 0.4) is 0 Å². The molecule has 0 fully saturated rings. The standard InChI is InChI=1S/C26H24F3N5O2/c1-5-21(23-14(2)32-36-15(23)3)30-25(35)16-6-11-22-19(12-16)20-13-33(4)31-24(20)34(22)18-9-7-17(8-10-18)26(27,28)29/h6-13,21H,5H2,1-4H3,(H,30,35). The minimum Gasteiger partial charge on any atom is -0.361 e. The van der Waals surface area contributed by atoms with Crippen LogP contribution in [0.4, 0.5) is 13.2 Å². The monoisotopic (exact) mass is 495 g/mol. The van der Waals surface area contributed by atoms with Crippen LogP contribution in [0.25, 0.3) is 27.6 Å². The molecule has 186 valence electrons. The molecule has 0 aliphatic carbocycles. The van der Waals surface area contributed by atoms with Crippen molar-refractivity contribution in [2.24, 2.45) is 7.05 Å². The van der Waals surface area contributed by atoms with Crippen molar-refractivity contribution in [1.29, 1.82) is 0 Å². The number of alkyl halides is 3. The van der Waals surface area contributed by atoms with E-state index in [-0.39, 0.29) is 11.9 Å². The minimum atomic E-state index is -4.42. The lowest BCUT2D eigenvalue weighted by molar-refractivity contribution is -0.137. The van der Waals surface area contributed by atoms with Crippen molar-refractivity contribution in [3.05, 3.63) is 76.8 Å². The van der Waals surface area contributed by atoms with Gasteiger partial charge in [0.2, 0.25) is 0 Å². The summed E-state index contributed by atoms with van der Waals surface area (Å²) in [5.74, 6) is 0.420. The summed E-state index contributed by atoms with van der Waals surface area (Å²) in [6.07, 6.45) is -1.92. The number of nitrogens with one attached hydrogen (secondary N) is 1. The third-order valence-electron chi connectivity index (χ3n) is 6.41. The number of nitrogens with zero attached hydrogens (tertiary/aromatic N) is 4. The Kier molecular flexibility index (Phi) is 5.61. The fourth-order valence-corrected chi connectivity index (χ4v) is 4.70. The molecular weight excluding hydrogens is 471 g/mol. The number of halogens is 3. The molecule has 0 saturated heterocycles. The van der Waals surface area contributed by atoms with Gasteiger partial charge in [0.15, 0.2) is 5.65 Å². The number of hydrogen-bond donors (Lipinski definition) is 1. The first kappa shape index (κ1) is 23.7. The van der Waals surface area contributed by atoms with E-state index >= 15 is 0 Å². The van der Waals surface area contributed by atoms with Crippen molar-refractivity contribution in [3.63, 3.8) is 0 Å². The van der Waals surface area contributed by atoms with Gasteiger partial charge >= 0.3 is 6.18 Å². The van der Waals surface area contributed by atoms with Crippen molar-refractivity contribution in [2.45, 2.75) is 39.4 Å². The van der Waals surface area contributed by atoms with E-state index in [1.165, 1.54) is 12.1 Å². The molecule has 0 aliphatic rings. The molecule has 1 atom stereocenters. The van der Waals surface area contributed by atoms with Gasteiger partial charge in [0, 0.05) is 40.8 Å². The summed E-state index contributed by atoms with van der Waals surface area (Å²) in [5, 5.41) is 13.2. The van der Waals surface area contributed by atoms with Crippen molar-refractivity contribution >= 4 is 27.8 Å². The van der Waals surface area contributed by atoms with Gasteiger partial charge in [0.1, 0.15) is 5.76 Å². The number of carbonyl (C=O) groups is 1. The molecule has 3 aromatic heterocycles. The predicted octanol–water partition coefficient (Wildman–Crippen LogP) is 6.02. The van der Waals surface area contributed by atoms with Crippen molar-refractivity contribution in [1.82, 2.24) is 24.8 Å². The molecule has 5 aromatic rings. The van der Waals surface area contributed by atoms with Crippen LogP contribution >= 0.6 is 0 Å². The quantitative estimate of drug-likeness (QED) is 0.323. The maximum atomic E-state index is 13.2. The van der Waals surface area contributed by atoms with Gasteiger partial charge in [-0.15, -0.1) is 0 Å². The summed E-state index contributed by atoms with van der Waals surface area (Å²) in [6.45, 7) is 5.64. The molecule has 0 bridgehead atoms. The van der Waals surface area contributed by atoms with E-state index < -0.39 is 11.7 Å². The number of rotatable bonds is 5. The fraction of sp³-hybridized carbons (Fsp3) is 0.269. The van der Waals surface area contributed by atoms with Gasteiger partial charge in [0.05, 0.1) is 22.8 Å². The molecule has 36 heavy (non-hydrogen) atoms. The molecule has 1 amide bonds. The van der Waals surface area contributed by atoms with E-state index in [1.54, 1.807) is 34.5 Å². The largest absolute Gasteiger partial charge is 0.416 e. The Morgan fingerprint density at radius 2 is 1.83 bits per heavy atom. The summed E-state index contributed by atoms with van der Waals surface area (Å²) >= 11 is 0. The third-order valence-corrected chi connectivity index (χ3v) is 6.41. The molecule has 0 saturated carbocycles. The van der Waals surface area contributed by atoms with E-state index in [2.05, 4.69) is 15.6 Å². The topological polar surface area (TPSA) is 77.9 Å². The zero-order valence-electron chi connectivity index (χ0n) is 20.1. The van der Waals surface area contributed by atoms with Gasteiger partial charge in [-0.1, -0.05) is 12.1 Å². The Balaban J connectivity index is 1.56. The highest BCUT2D eigenvalue weighted by Crippen LogP contribution is 2.34. The summed E-state index contributed by atoms with van der Waals surface area (Å²) < 4.78 is 47.9. The number of aromatic nitrogens is 4. The van der Waals surface area contributed by atoms with Crippen LogP contribution in [0.5, 0.6) is 0 Å². The first-order valence-corrected chi connectivity index (χ1v) is 11.5. The molecule has 0 aliphatic heterocycles. The zero-order chi connectivity index (χ0) is 25.8. The van der Waals surface area contributed by atoms with Crippen LogP contribution in [0.1, 0.15) is 52.3 Å². The average Bonchev–Trinajstić information content (AvgIpc) is 3.47. The molecule has 3 heterocycles. The van der Waals surface area contributed by atoms with Gasteiger partial charge < -0.3 is 9.84 Å². The van der Waals surface area contributed by atoms with Crippen molar-refractivity contribution < 1.29 is 22.5 Å². The van der Waals surface area contributed by atoms with Crippen LogP contribution in [0.2, 0.25) is 0 Å². The maximum Gasteiger partial charge on any atom is 0.416 e. The molecule has 1 N–H and O–H groups in total. The number of hydrogen-bond acceptors (Lipinski definition) is 4. The summed E-state index contributed by atoms with van der Waals surface area (Å²) in [7, 11) is 1.77. The van der Waals surface area contributed by atoms with Crippen molar-refractivity contribution in [3.8, 4) is 5.69 Å². The van der Waals surface area contributed by atoms with Crippen LogP contribution in [0, 0.1) is 13.8 Å².